The highest BCUT2D eigenvalue weighted by Crippen LogP contribution is 2.56. The van der Waals surface area contributed by atoms with E-state index in [-0.39, 0.29) is 13.0 Å². The van der Waals surface area contributed by atoms with Crippen LogP contribution in [0.5, 0.6) is 0 Å². The van der Waals surface area contributed by atoms with E-state index in [0.29, 0.717) is 18.5 Å². The number of hydrogen-bond acceptors (Lipinski definition) is 4. The predicted molar refractivity (Wildman–Crippen MR) is 144 cm³/mol. The molecule has 0 aromatic heterocycles. The summed E-state index contributed by atoms with van der Waals surface area (Å²) in [5.41, 5.74) is 0. The molecule has 198 valence electrons. The van der Waals surface area contributed by atoms with E-state index in [2.05, 4.69) is 20.4 Å². The molecule has 0 bridgehead atoms. The van der Waals surface area contributed by atoms with Gasteiger partial charge in [0.2, 0.25) is 0 Å². The van der Waals surface area contributed by atoms with Gasteiger partial charge in [-0.3, -0.25) is 4.57 Å². The minimum absolute atomic E-state index is 0.0773. The maximum atomic E-state index is 13.2. The van der Waals surface area contributed by atoms with Crippen LogP contribution < -0.4 is 0 Å². The van der Waals surface area contributed by atoms with Gasteiger partial charge in [0, 0.05) is 18.3 Å². The zero-order valence-electron chi connectivity index (χ0n) is 22.3. The fourth-order valence-electron chi connectivity index (χ4n) is 4.03. The second-order valence-corrected chi connectivity index (χ2v) is 11.7. The highest BCUT2D eigenvalue weighted by Gasteiger charge is 2.28. The number of aliphatic hydroxyl groups is 1. The zero-order valence-corrected chi connectivity index (χ0v) is 23.2. The van der Waals surface area contributed by atoms with Crippen LogP contribution in [0.25, 0.3) is 0 Å². The van der Waals surface area contributed by atoms with E-state index in [1.54, 1.807) is 0 Å². The van der Waals surface area contributed by atoms with E-state index in [1.807, 2.05) is 0 Å². The lowest BCUT2D eigenvalue weighted by Crippen LogP contribution is -2.03. The van der Waals surface area contributed by atoms with Crippen LogP contribution in [-0.4, -0.2) is 24.9 Å². The summed E-state index contributed by atoms with van der Waals surface area (Å²) in [6.07, 6.45) is 25.4. The molecule has 0 amide bonds. The number of rotatable bonds is 27. The van der Waals surface area contributed by atoms with Crippen molar-refractivity contribution in [3.8, 4) is 0 Å². The Morgan fingerprint density at radius 3 is 1.21 bits per heavy atom. The van der Waals surface area contributed by atoms with Crippen LogP contribution in [0, 0.1) is 0 Å². The average Bonchev–Trinajstić information content (AvgIpc) is 2.81. The Bertz CT molecular complexity index is 437. The third kappa shape index (κ3) is 20.9. The molecule has 0 spiro atoms. The van der Waals surface area contributed by atoms with Crippen LogP contribution in [0.4, 0.5) is 0 Å². The fourth-order valence-corrected chi connectivity index (χ4v) is 5.59. The molecule has 0 atom stereocenters. The molecule has 0 aliphatic carbocycles. The van der Waals surface area contributed by atoms with E-state index >= 15 is 0 Å². The SMILES string of the molecule is C=C(CCO)P(=O)(OCCCCCCCCCCCC)OCCCCCCCCCCCC. The molecule has 0 heterocycles. The smallest absolute Gasteiger partial charge is 0.356 e. The Labute approximate surface area is 206 Å². The van der Waals surface area contributed by atoms with Crippen molar-refractivity contribution >= 4 is 7.60 Å². The first kappa shape index (κ1) is 32.8. The summed E-state index contributed by atoms with van der Waals surface area (Å²) >= 11 is 0. The van der Waals surface area contributed by atoms with Crippen molar-refractivity contribution in [2.75, 3.05) is 19.8 Å². The number of unbranched alkanes of at least 4 members (excludes halogenated alkanes) is 18. The quantitative estimate of drug-likeness (QED) is 0.0923. The number of aliphatic hydroxyl groups excluding tert-OH is 1. The molecule has 4 nitrogen and oxygen atoms in total. The van der Waals surface area contributed by atoms with Crippen LogP contribution >= 0.6 is 7.60 Å². The van der Waals surface area contributed by atoms with E-state index < -0.39 is 7.60 Å². The van der Waals surface area contributed by atoms with Crippen molar-refractivity contribution in [3.63, 3.8) is 0 Å². The normalized spacial score (nSPS) is 11.8. The Morgan fingerprint density at radius 2 is 0.909 bits per heavy atom. The van der Waals surface area contributed by atoms with E-state index in [1.165, 1.54) is 103 Å². The largest absolute Gasteiger partial charge is 0.396 e. The first-order chi connectivity index (χ1) is 16.1. The molecule has 5 heteroatoms. The third-order valence-corrected chi connectivity index (χ3v) is 8.35. The van der Waals surface area contributed by atoms with Crippen molar-refractivity contribution in [1.29, 1.82) is 0 Å². The monoisotopic (exact) mass is 488 g/mol. The minimum atomic E-state index is -3.34. The first-order valence-electron chi connectivity index (χ1n) is 14.3. The molecule has 0 radical (unpaired) electrons. The Kier molecular flexibility index (Phi) is 24.8. The topological polar surface area (TPSA) is 55.8 Å². The number of hydrogen-bond donors (Lipinski definition) is 1. The molecule has 0 saturated heterocycles. The third-order valence-electron chi connectivity index (χ3n) is 6.31. The molecule has 0 aliphatic heterocycles. The summed E-state index contributed by atoms with van der Waals surface area (Å²) < 4.78 is 24.6. The maximum Gasteiger partial charge on any atom is 0.356 e. The lowest BCUT2D eigenvalue weighted by Gasteiger charge is -2.20. The lowest BCUT2D eigenvalue weighted by molar-refractivity contribution is 0.200. The van der Waals surface area contributed by atoms with Gasteiger partial charge in [0.15, 0.2) is 0 Å². The molecule has 0 unspecified atom stereocenters. The molecular formula is C28H57O4P. The molecule has 0 rings (SSSR count). The van der Waals surface area contributed by atoms with Gasteiger partial charge < -0.3 is 14.2 Å². The van der Waals surface area contributed by atoms with Crippen molar-refractivity contribution in [3.05, 3.63) is 11.9 Å². The van der Waals surface area contributed by atoms with Gasteiger partial charge >= 0.3 is 7.60 Å². The highest BCUT2D eigenvalue weighted by molar-refractivity contribution is 7.58. The first-order valence-corrected chi connectivity index (χ1v) is 15.8. The van der Waals surface area contributed by atoms with Gasteiger partial charge in [0.1, 0.15) is 0 Å². The van der Waals surface area contributed by atoms with E-state index in [0.717, 1.165) is 25.7 Å². The molecular weight excluding hydrogens is 431 g/mol. The molecule has 0 fully saturated rings. The Balaban J connectivity index is 3.88. The predicted octanol–water partition coefficient (Wildman–Crippen LogP) is 9.95. The average molecular weight is 489 g/mol. The van der Waals surface area contributed by atoms with Crippen molar-refractivity contribution in [2.24, 2.45) is 0 Å². The van der Waals surface area contributed by atoms with Crippen LogP contribution in [0.15, 0.2) is 11.9 Å². The summed E-state index contributed by atoms with van der Waals surface area (Å²) in [6.45, 7) is 9.19. The van der Waals surface area contributed by atoms with E-state index in [9.17, 15) is 9.67 Å². The van der Waals surface area contributed by atoms with Crippen LogP contribution in [0.1, 0.15) is 149 Å². The second kappa shape index (κ2) is 25.0. The summed E-state index contributed by atoms with van der Waals surface area (Å²) in [4.78, 5) is 0. The summed E-state index contributed by atoms with van der Waals surface area (Å²) in [5, 5.41) is 9.63. The summed E-state index contributed by atoms with van der Waals surface area (Å²) in [6, 6.07) is 0. The summed E-state index contributed by atoms with van der Waals surface area (Å²) in [7, 11) is -3.34. The molecule has 0 saturated carbocycles. The lowest BCUT2D eigenvalue weighted by atomic mass is 10.1. The van der Waals surface area contributed by atoms with Gasteiger partial charge in [-0.15, -0.1) is 0 Å². The van der Waals surface area contributed by atoms with Crippen LogP contribution in [0.2, 0.25) is 0 Å². The second-order valence-electron chi connectivity index (χ2n) is 9.57. The minimum Gasteiger partial charge on any atom is -0.396 e. The molecule has 33 heavy (non-hydrogen) atoms. The fraction of sp³-hybridized carbons (Fsp3) is 0.929. The van der Waals surface area contributed by atoms with Gasteiger partial charge in [0.05, 0.1) is 13.2 Å². The van der Waals surface area contributed by atoms with Gasteiger partial charge in [-0.25, -0.2) is 0 Å². The maximum absolute atomic E-state index is 13.2. The zero-order chi connectivity index (χ0) is 24.5. The van der Waals surface area contributed by atoms with Gasteiger partial charge in [-0.05, 0) is 12.8 Å². The van der Waals surface area contributed by atoms with Gasteiger partial charge in [-0.1, -0.05) is 136 Å². The standard InChI is InChI=1S/C28H57O4P/c1-4-6-8-10-12-14-16-18-20-22-26-31-33(30,28(3)24-25-29)32-27-23-21-19-17-15-13-11-9-7-5-2/h29H,3-27H2,1-2H3. The van der Waals surface area contributed by atoms with Crippen molar-refractivity contribution < 1.29 is 18.7 Å². The molecule has 1 N–H and O–H groups in total. The van der Waals surface area contributed by atoms with E-state index in [4.69, 9.17) is 9.05 Å². The van der Waals surface area contributed by atoms with Crippen LogP contribution in [0.3, 0.4) is 0 Å². The van der Waals surface area contributed by atoms with Crippen LogP contribution in [-0.2, 0) is 13.6 Å². The molecule has 0 aliphatic rings. The highest BCUT2D eigenvalue weighted by atomic mass is 31.2. The van der Waals surface area contributed by atoms with Crippen molar-refractivity contribution in [1.82, 2.24) is 0 Å². The Hall–Kier alpha value is -0.150. The Morgan fingerprint density at radius 1 is 0.606 bits per heavy atom. The van der Waals surface area contributed by atoms with Crippen molar-refractivity contribution in [2.45, 2.75) is 149 Å². The van der Waals surface area contributed by atoms with Gasteiger partial charge in [-0.2, -0.15) is 0 Å². The summed E-state index contributed by atoms with van der Waals surface area (Å²) in [5.74, 6) is 0. The van der Waals surface area contributed by atoms with Gasteiger partial charge in [0.25, 0.3) is 0 Å². The molecule has 0 aromatic carbocycles. The molecule has 0 aromatic rings.